The summed E-state index contributed by atoms with van der Waals surface area (Å²) in [5, 5.41) is 14.4. The monoisotopic (exact) mass is 381 g/mol. The third-order valence-corrected chi connectivity index (χ3v) is 6.50. The molecule has 1 saturated carbocycles. The zero-order chi connectivity index (χ0) is 19.3. The van der Waals surface area contributed by atoms with Gasteiger partial charge in [0.1, 0.15) is 6.10 Å². The van der Waals surface area contributed by atoms with Gasteiger partial charge in [0.25, 0.3) is 5.91 Å². The van der Waals surface area contributed by atoms with Crippen LogP contribution in [0.3, 0.4) is 0 Å². The molecule has 0 unspecified atom stereocenters. The number of carbonyl (C=O) groups excluding carboxylic acids is 1. The second-order valence-corrected chi connectivity index (χ2v) is 8.62. The Balaban J connectivity index is 1.52. The number of aliphatic hydroxyl groups is 1. The van der Waals surface area contributed by atoms with Crippen molar-refractivity contribution in [2.45, 2.75) is 50.7 Å². The summed E-state index contributed by atoms with van der Waals surface area (Å²) in [6.45, 7) is 4.59. The predicted molar refractivity (Wildman–Crippen MR) is 106 cm³/mol. The average molecular weight is 381 g/mol. The Morgan fingerprint density at radius 2 is 2.11 bits per heavy atom. The van der Waals surface area contributed by atoms with Crippen LogP contribution in [0, 0.1) is 5.92 Å². The second-order valence-electron chi connectivity index (χ2n) is 8.62. The van der Waals surface area contributed by atoms with Crippen molar-refractivity contribution in [1.82, 2.24) is 9.78 Å². The number of nitrogens with zero attached hydrogens (tertiary/aromatic N) is 3. The Bertz CT molecular complexity index is 894. The normalized spacial score (nSPS) is 21.7. The summed E-state index contributed by atoms with van der Waals surface area (Å²) in [7, 11) is 0. The molecule has 2 aromatic rings. The van der Waals surface area contributed by atoms with Gasteiger partial charge in [-0.25, -0.2) is 0 Å². The van der Waals surface area contributed by atoms with Crippen molar-refractivity contribution in [3.8, 4) is 11.1 Å². The first-order chi connectivity index (χ1) is 13.6. The van der Waals surface area contributed by atoms with E-state index >= 15 is 0 Å². The number of rotatable bonds is 4. The molecule has 1 saturated heterocycles. The highest BCUT2D eigenvalue weighted by molar-refractivity contribution is 5.99. The first kappa shape index (κ1) is 17.9. The Hall–Kier alpha value is -2.18. The molecule has 0 radical (unpaired) electrons. The lowest BCUT2D eigenvalue weighted by Gasteiger charge is -2.34. The predicted octanol–water partition coefficient (Wildman–Crippen LogP) is 2.74. The van der Waals surface area contributed by atoms with Gasteiger partial charge in [-0.3, -0.25) is 9.48 Å². The van der Waals surface area contributed by atoms with Crippen LogP contribution in [0.25, 0.3) is 11.1 Å². The van der Waals surface area contributed by atoms with E-state index in [1.807, 2.05) is 16.9 Å². The minimum Gasteiger partial charge on any atom is -0.384 e. The smallest absolute Gasteiger partial charge is 0.255 e. The van der Waals surface area contributed by atoms with Crippen molar-refractivity contribution < 1.29 is 14.6 Å². The molecule has 0 bridgehead atoms. The van der Waals surface area contributed by atoms with Crippen LogP contribution in [0.4, 0.5) is 5.69 Å². The zero-order valence-electron chi connectivity index (χ0n) is 16.3. The van der Waals surface area contributed by atoms with Crippen molar-refractivity contribution in [3.05, 3.63) is 36.2 Å². The fourth-order valence-electron chi connectivity index (χ4n) is 4.64. The largest absolute Gasteiger partial charge is 0.384 e. The van der Waals surface area contributed by atoms with Gasteiger partial charge in [-0.1, -0.05) is 6.07 Å². The lowest BCUT2D eigenvalue weighted by atomic mass is 9.75. The Labute approximate surface area is 165 Å². The Morgan fingerprint density at radius 3 is 2.82 bits per heavy atom. The van der Waals surface area contributed by atoms with Gasteiger partial charge >= 0.3 is 0 Å². The van der Waals surface area contributed by atoms with E-state index in [1.165, 1.54) is 18.4 Å². The Morgan fingerprint density at radius 1 is 1.32 bits per heavy atom. The van der Waals surface area contributed by atoms with Crippen LogP contribution in [0.5, 0.6) is 0 Å². The van der Waals surface area contributed by atoms with E-state index in [2.05, 4.69) is 23.4 Å². The highest BCUT2D eigenvalue weighted by Gasteiger charge is 2.46. The van der Waals surface area contributed by atoms with Gasteiger partial charge in [0.15, 0.2) is 0 Å². The number of benzene rings is 1. The molecule has 1 atom stereocenters. The summed E-state index contributed by atoms with van der Waals surface area (Å²) in [6, 6.07) is 6.33. The lowest BCUT2D eigenvalue weighted by Crippen LogP contribution is -2.43. The van der Waals surface area contributed by atoms with E-state index in [1.54, 1.807) is 11.8 Å². The molecule has 2 fully saturated rings. The standard InChI is InChI=1S/C22H27N3O3/c1-15(26)21(27)25-14-22(6-8-28-9-7-22)19-10-17(4-5-20(19)25)18-11-23-24(13-18)12-16-2-3-16/h4-5,10-11,13,15-16,26H,2-3,6-9,12,14H2,1H3/t15-/m1/s1. The van der Waals surface area contributed by atoms with Gasteiger partial charge in [-0.2, -0.15) is 5.10 Å². The number of ether oxygens (including phenoxy) is 1. The summed E-state index contributed by atoms with van der Waals surface area (Å²) in [5.74, 6) is 0.563. The molecular weight excluding hydrogens is 354 g/mol. The second kappa shape index (κ2) is 6.71. The van der Waals surface area contributed by atoms with Gasteiger partial charge in [0.05, 0.1) is 6.20 Å². The van der Waals surface area contributed by atoms with E-state index < -0.39 is 6.10 Å². The van der Waals surface area contributed by atoms with Crippen LogP contribution in [-0.2, 0) is 21.5 Å². The average Bonchev–Trinajstić information content (AvgIpc) is 3.31. The molecule has 1 spiro atoms. The molecule has 2 aliphatic heterocycles. The van der Waals surface area contributed by atoms with Gasteiger partial charge < -0.3 is 14.7 Å². The molecule has 6 nitrogen and oxygen atoms in total. The number of hydrogen-bond donors (Lipinski definition) is 1. The van der Waals surface area contributed by atoms with Crippen molar-refractivity contribution in [2.24, 2.45) is 5.92 Å². The molecule has 1 N–H and O–H groups in total. The third-order valence-electron chi connectivity index (χ3n) is 6.50. The maximum absolute atomic E-state index is 12.6. The topological polar surface area (TPSA) is 67.6 Å². The summed E-state index contributed by atoms with van der Waals surface area (Å²) >= 11 is 0. The number of aromatic nitrogens is 2. The van der Waals surface area contributed by atoms with Crippen molar-refractivity contribution in [1.29, 1.82) is 0 Å². The minimum atomic E-state index is -0.997. The molecule has 1 aromatic carbocycles. The van der Waals surface area contributed by atoms with Crippen LogP contribution in [0.15, 0.2) is 30.6 Å². The lowest BCUT2D eigenvalue weighted by molar-refractivity contribution is -0.125. The van der Waals surface area contributed by atoms with Gasteiger partial charge in [0.2, 0.25) is 0 Å². The fourth-order valence-corrected chi connectivity index (χ4v) is 4.64. The molecule has 1 aromatic heterocycles. The highest BCUT2D eigenvalue weighted by Crippen LogP contribution is 2.48. The molecule has 1 aliphatic carbocycles. The van der Waals surface area contributed by atoms with E-state index in [4.69, 9.17) is 4.74 Å². The Kier molecular flexibility index (Phi) is 4.29. The summed E-state index contributed by atoms with van der Waals surface area (Å²) in [6.07, 6.45) is 7.49. The van der Waals surface area contributed by atoms with Crippen LogP contribution in [-0.4, -0.2) is 46.7 Å². The molecular formula is C22H27N3O3. The summed E-state index contributed by atoms with van der Waals surface area (Å²) in [5.41, 5.74) is 4.31. The zero-order valence-corrected chi connectivity index (χ0v) is 16.3. The van der Waals surface area contributed by atoms with E-state index in [0.29, 0.717) is 19.8 Å². The molecule has 3 heterocycles. The number of fused-ring (bicyclic) bond motifs is 2. The molecule has 6 heteroatoms. The first-order valence-corrected chi connectivity index (χ1v) is 10.3. The highest BCUT2D eigenvalue weighted by atomic mass is 16.5. The SMILES string of the molecule is C[C@@H](O)C(=O)N1CC2(CCOCC2)c2cc(-c3cnn(CC4CC4)c3)ccc21. The van der Waals surface area contributed by atoms with Crippen molar-refractivity contribution >= 4 is 11.6 Å². The maximum atomic E-state index is 12.6. The molecule has 148 valence electrons. The number of aliphatic hydroxyl groups excluding tert-OH is 1. The fraction of sp³-hybridized carbons (Fsp3) is 0.545. The van der Waals surface area contributed by atoms with Crippen molar-refractivity contribution in [2.75, 3.05) is 24.7 Å². The van der Waals surface area contributed by atoms with E-state index in [0.717, 1.165) is 42.1 Å². The molecule has 5 rings (SSSR count). The first-order valence-electron chi connectivity index (χ1n) is 10.3. The summed E-state index contributed by atoms with van der Waals surface area (Å²) < 4.78 is 7.66. The number of amides is 1. The van der Waals surface area contributed by atoms with Crippen molar-refractivity contribution in [3.63, 3.8) is 0 Å². The van der Waals surface area contributed by atoms with Gasteiger partial charge in [-0.15, -0.1) is 0 Å². The van der Waals surface area contributed by atoms with E-state index in [9.17, 15) is 9.90 Å². The number of hydrogen-bond acceptors (Lipinski definition) is 4. The van der Waals surface area contributed by atoms with Crippen LogP contribution >= 0.6 is 0 Å². The van der Waals surface area contributed by atoms with E-state index in [-0.39, 0.29) is 11.3 Å². The summed E-state index contributed by atoms with van der Waals surface area (Å²) in [4.78, 5) is 14.4. The van der Waals surface area contributed by atoms with Crippen LogP contribution in [0.1, 0.15) is 38.2 Å². The van der Waals surface area contributed by atoms with Crippen LogP contribution < -0.4 is 4.90 Å². The maximum Gasteiger partial charge on any atom is 0.255 e. The molecule has 3 aliphatic rings. The van der Waals surface area contributed by atoms with Crippen LogP contribution in [0.2, 0.25) is 0 Å². The van der Waals surface area contributed by atoms with Gasteiger partial charge in [-0.05, 0) is 61.8 Å². The number of carbonyl (C=O) groups is 1. The molecule has 1 amide bonds. The number of anilines is 1. The quantitative estimate of drug-likeness (QED) is 0.884. The third kappa shape index (κ3) is 3.05. The molecule has 28 heavy (non-hydrogen) atoms. The minimum absolute atomic E-state index is 0.0852. The van der Waals surface area contributed by atoms with Gasteiger partial charge in [0, 0.05) is 49.2 Å².